The summed E-state index contributed by atoms with van der Waals surface area (Å²) in [7, 11) is -3.80. The van der Waals surface area contributed by atoms with E-state index in [4.69, 9.17) is 4.42 Å². The van der Waals surface area contributed by atoms with Crippen molar-refractivity contribution < 1.29 is 17.6 Å². The van der Waals surface area contributed by atoms with Crippen molar-refractivity contribution in [2.75, 3.05) is 0 Å². The maximum atomic E-state index is 12.1. The van der Waals surface area contributed by atoms with Crippen molar-refractivity contribution >= 4 is 32.2 Å². The first-order chi connectivity index (χ1) is 9.42. The Hall–Kier alpha value is -1.44. The normalized spacial score (nSPS) is 13.1. The number of sulfonamides is 1. The van der Waals surface area contributed by atoms with Gasteiger partial charge in [0.15, 0.2) is 12.0 Å². The number of rotatable bonds is 5. The zero-order valence-electron chi connectivity index (χ0n) is 10.5. The SMILES string of the molecule is CC(NS(=O)(=O)c1ccc(C=O)o1)c1cccc(Br)c1. The summed E-state index contributed by atoms with van der Waals surface area (Å²) in [6.45, 7) is 1.73. The lowest BCUT2D eigenvalue weighted by molar-refractivity contribution is 0.109. The third-order valence-electron chi connectivity index (χ3n) is 2.66. The molecule has 0 aliphatic heterocycles. The second-order valence-electron chi connectivity index (χ2n) is 4.17. The summed E-state index contributed by atoms with van der Waals surface area (Å²) in [5.41, 5.74) is 0.810. The van der Waals surface area contributed by atoms with Crippen LogP contribution in [-0.4, -0.2) is 14.7 Å². The first-order valence-corrected chi connectivity index (χ1v) is 8.03. The van der Waals surface area contributed by atoms with Gasteiger partial charge in [-0.3, -0.25) is 4.79 Å². The van der Waals surface area contributed by atoms with Crippen LogP contribution in [0, 0.1) is 0 Å². The van der Waals surface area contributed by atoms with Crippen molar-refractivity contribution in [2.45, 2.75) is 18.1 Å². The molecule has 0 amide bonds. The van der Waals surface area contributed by atoms with E-state index < -0.39 is 16.1 Å². The molecule has 0 radical (unpaired) electrons. The molecule has 0 saturated heterocycles. The van der Waals surface area contributed by atoms with E-state index in [0.717, 1.165) is 10.0 Å². The van der Waals surface area contributed by atoms with Crippen LogP contribution in [0.2, 0.25) is 0 Å². The second-order valence-corrected chi connectivity index (χ2v) is 6.73. The first-order valence-electron chi connectivity index (χ1n) is 5.75. The van der Waals surface area contributed by atoms with Crippen LogP contribution in [-0.2, 0) is 10.0 Å². The number of carbonyl (C=O) groups excluding carboxylic acids is 1. The Labute approximate surface area is 125 Å². The fourth-order valence-electron chi connectivity index (χ4n) is 1.68. The molecule has 1 heterocycles. The van der Waals surface area contributed by atoms with Crippen LogP contribution in [0.3, 0.4) is 0 Å². The summed E-state index contributed by atoms with van der Waals surface area (Å²) in [6, 6.07) is 9.45. The number of nitrogens with one attached hydrogen (secondary N) is 1. The van der Waals surface area contributed by atoms with Gasteiger partial charge in [-0.15, -0.1) is 0 Å². The van der Waals surface area contributed by atoms with Crippen molar-refractivity contribution in [2.24, 2.45) is 0 Å². The molecular formula is C13H12BrNO4S. The Bertz CT molecular complexity index is 723. The smallest absolute Gasteiger partial charge is 0.274 e. The lowest BCUT2D eigenvalue weighted by Crippen LogP contribution is -2.26. The Morgan fingerprint density at radius 1 is 1.30 bits per heavy atom. The van der Waals surface area contributed by atoms with Gasteiger partial charge in [0.1, 0.15) is 0 Å². The van der Waals surface area contributed by atoms with Crippen LogP contribution in [0.4, 0.5) is 0 Å². The predicted octanol–water partition coefficient (Wildman–Crippen LogP) is 2.89. The molecule has 1 unspecified atom stereocenters. The minimum absolute atomic E-state index is 0.0273. The average molecular weight is 358 g/mol. The van der Waals surface area contributed by atoms with E-state index in [1.54, 1.807) is 6.92 Å². The number of hydrogen-bond acceptors (Lipinski definition) is 4. The Morgan fingerprint density at radius 2 is 2.05 bits per heavy atom. The minimum Gasteiger partial charge on any atom is -0.440 e. The van der Waals surface area contributed by atoms with Crippen LogP contribution in [0.25, 0.3) is 0 Å². The molecule has 2 rings (SSSR count). The first kappa shape index (κ1) is 15.0. The minimum atomic E-state index is -3.80. The van der Waals surface area contributed by atoms with E-state index in [0.29, 0.717) is 6.29 Å². The third kappa shape index (κ3) is 3.36. The van der Waals surface area contributed by atoms with Crippen LogP contribution in [0.5, 0.6) is 0 Å². The van der Waals surface area contributed by atoms with Crippen LogP contribution >= 0.6 is 15.9 Å². The summed E-state index contributed by atoms with van der Waals surface area (Å²) in [5, 5.41) is -0.276. The molecule has 0 saturated carbocycles. The largest absolute Gasteiger partial charge is 0.440 e. The molecular weight excluding hydrogens is 346 g/mol. The van der Waals surface area contributed by atoms with E-state index in [1.807, 2.05) is 24.3 Å². The van der Waals surface area contributed by atoms with Crippen molar-refractivity contribution in [1.29, 1.82) is 0 Å². The van der Waals surface area contributed by atoms with E-state index in [-0.39, 0.29) is 10.9 Å². The molecule has 7 heteroatoms. The van der Waals surface area contributed by atoms with E-state index in [2.05, 4.69) is 20.7 Å². The third-order valence-corrected chi connectivity index (χ3v) is 4.57. The quantitative estimate of drug-likeness (QED) is 0.834. The number of halogens is 1. The molecule has 20 heavy (non-hydrogen) atoms. The molecule has 1 aromatic heterocycles. The van der Waals surface area contributed by atoms with Crippen molar-refractivity contribution in [3.05, 3.63) is 52.2 Å². The maximum absolute atomic E-state index is 12.1. The summed E-state index contributed by atoms with van der Waals surface area (Å²) in [4.78, 5) is 10.5. The molecule has 1 aromatic carbocycles. The highest BCUT2D eigenvalue weighted by Crippen LogP contribution is 2.21. The van der Waals surface area contributed by atoms with Gasteiger partial charge < -0.3 is 4.42 Å². The van der Waals surface area contributed by atoms with Crippen LogP contribution in [0.15, 0.2) is 50.4 Å². The molecule has 5 nitrogen and oxygen atoms in total. The number of carbonyl (C=O) groups is 1. The van der Waals surface area contributed by atoms with Crippen LogP contribution in [0.1, 0.15) is 29.1 Å². The highest BCUT2D eigenvalue weighted by Gasteiger charge is 2.22. The molecule has 1 N–H and O–H groups in total. The van der Waals surface area contributed by atoms with E-state index >= 15 is 0 Å². The zero-order chi connectivity index (χ0) is 14.8. The highest BCUT2D eigenvalue weighted by molar-refractivity contribution is 9.10. The van der Waals surface area contributed by atoms with Crippen molar-refractivity contribution in [1.82, 2.24) is 4.72 Å². The van der Waals surface area contributed by atoms with Gasteiger partial charge >= 0.3 is 0 Å². The molecule has 0 bridgehead atoms. The molecule has 0 spiro atoms. The summed E-state index contributed by atoms with van der Waals surface area (Å²) < 4.78 is 32.5. The van der Waals surface area contributed by atoms with Gasteiger partial charge in [-0.2, -0.15) is 0 Å². The molecule has 106 valence electrons. The Balaban J connectivity index is 2.21. The molecule has 0 fully saturated rings. The van der Waals surface area contributed by atoms with Gasteiger partial charge in [0.2, 0.25) is 5.09 Å². The number of aldehydes is 1. The Kier molecular flexibility index (Phi) is 4.42. The summed E-state index contributed by atoms with van der Waals surface area (Å²) >= 11 is 3.33. The van der Waals surface area contributed by atoms with Crippen LogP contribution < -0.4 is 4.72 Å². The number of benzene rings is 1. The lowest BCUT2D eigenvalue weighted by atomic mass is 10.1. The van der Waals surface area contributed by atoms with Crippen molar-refractivity contribution in [3.8, 4) is 0 Å². The molecule has 0 aliphatic carbocycles. The average Bonchev–Trinajstić information content (AvgIpc) is 2.87. The molecule has 0 aliphatic rings. The number of furan rings is 1. The van der Waals surface area contributed by atoms with E-state index in [9.17, 15) is 13.2 Å². The monoisotopic (exact) mass is 357 g/mol. The van der Waals surface area contributed by atoms with E-state index in [1.165, 1.54) is 12.1 Å². The van der Waals surface area contributed by atoms with Gasteiger partial charge in [-0.25, -0.2) is 13.1 Å². The Morgan fingerprint density at radius 3 is 2.65 bits per heavy atom. The van der Waals surface area contributed by atoms with Gasteiger partial charge in [0.25, 0.3) is 10.0 Å². The van der Waals surface area contributed by atoms with Gasteiger partial charge in [-0.05, 0) is 36.8 Å². The maximum Gasteiger partial charge on any atom is 0.274 e. The van der Waals surface area contributed by atoms with Gasteiger partial charge in [0.05, 0.1) is 0 Å². The summed E-state index contributed by atoms with van der Waals surface area (Å²) in [5.74, 6) is -0.0273. The van der Waals surface area contributed by atoms with Gasteiger partial charge in [0, 0.05) is 10.5 Å². The predicted molar refractivity (Wildman–Crippen MR) is 77.0 cm³/mol. The van der Waals surface area contributed by atoms with Crippen molar-refractivity contribution in [3.63, 3.8) is 0 Å². The summed E-state index contributed by atoms with van der Waals surface area (Å²) in [6.07, 6.45) is 0.455. The molecule has 2 aromatic rings. The standard InChI is InChI=1S/C13H12BrNO4S/c1-9(10-3-2-4-11(14)7-10)15-20(17,18)13-6-5-12(8-16)19-13/h2-9,15H,1H3. The molecule has 1 atom stereocenters. The fraction of sp³-hybridized carbons (Fsp3) is 0.154. The fourth-order valence-corrected chi connectivity index (χ4v) is 3.26. The lowest BCUT2D eigenvalue weighted by Gasteiger charge is -2.13. The second kappa shape index (κ2) is 5.90. The highest BCUT2D eigenvalue weighted by atomic mass is 79.9. The number of hydrogen-bond donors (Lipinski definition) is 1. The topological polar surface area (TPSA) is 76.4 Å². The van der Waals surface area contributed by atoms with Gasteiger partial charge in [-0.1, -0.05) is 28.1 Å². The zero-order valence-corrected chi connectivity index (χ0v) is 12.9.